The van der Waals surface area contributed by atoms with Crippen molar-refractivity contribution < 1.29 is 9.59 Å². The van der Waals surface area contributed by atoms with Crippen molar-refractivity contribution in [2.45, 2.75) is 58.4 Å². The van der Waals surface area contributed by atoms with Crippen LogP contribution < -0.4 is 10.6 Å². The first-order chi connectivity index (χ1) is 10.0. The number of rotatable bonds is 3. The van der Waals surface area contributed by atoms with Crippen molar-refractivity contribution in [3.8, 4) is 0 Å². The van der Waals surface area contributed by atoms with Crippen molar-refractivity contribution in [1.82, 2.24) is 15.5 Å². The third-order valence-electron chi connectivity index (χ3n) is 4.51. The Labute approximate surface area is 127 Å². The Morgan fingerprint density at radius 1 is 1.05 bits per heavy atom. The molecule has 0 spiro atoms. The van der Waals surface area contributed by atoms with E-state index in [1.807, 2.05) is 0 Å². The second-order valence-electron chi connectivity index (χ2n) is 7.00. The molecule has 0 bridgehead atoms. The smallest absolute Gasteiger partial charge is 0.321 e. The van der Waals surface area contributed by atoms with Crippen molar-refractivity contribution in [2.75, 3.05) is 19.6 Å². The van der Waals surface area contributed by atoms with Gasteiger partial charge in [-0.2, -0.15) is 0 Å². The van der Waals surface area contributed by atoms with Gasteiger partial charge in [0.2, 0.25) is 5.91 Å². The predicted molar refractivity (Wildman–Crippen MR) is 82.9 cm³/mol. The largest absolute Gasteiger partial charge is 0.335 e. The second kappa shape index (κ2) is 7.78. The summed E-state index contributed by atoms with van der Waals surface area (Å²) < 4.78 is 0. The molecule has 5 heteroatoms. The van der Waals surface area contributed by atoms with Gasteiger partial charge in [-0.3, -0.25) is 15.0 Å². The van der Waals surface area contributed by atoms with Crippen molar-refractivity contribution in [2.24, 2.45) is 11.8 Å². The summed E-state index contributed by atoms with van der Waals surface area (Å²) in [5.41, 5.74) is 0. The lowest BCUT2D eigenvalue weighted by Crippen LogP contribution is -2.49. The van der Waals surface area contributed by atoms with Crippen molar-refractivity contribution >= 4 is 11.9 Å². The summed E-state index contributed by atoms with van der Waals surface area (Å²) in [6, 6.07) is -0.0911. The third kappa shape index (κ3) is 5.65. The van der Waals surface area contributed by atoms with E-state index in [9.17, 15) is 9.59 Å². The van der Waals surface area contributed by atoms with Gasteiger partial charge >= 0.3 is 6.03 Å². The Bertz CT molecular complexity index is 357. The van der Waals surface area contributed by atoms with Crippen LogP contribution in [0.1, 0.15) is 52.4 Å². The molecule has 0 aromatic heterocycles. The quantitative estimate of drug-likeness (QED) is 0.838. The lowest BCUT2D eigenvalue weighted by atomic mass is 9.92. The molecule has 2 rings (SSSR count). The van der Waals surface area contributed by atoms with Gasteiger partial charge in [-0.25, -0.2) is 4.79 Å². The summed E-state index contributed by atoms with van der Waals surface area (Å²) >= 11 is 0. The lowest BCUT2D eigenvalue weighted by Gasteiger charge is -2.34. The van der Waals surface area contributed by atoms with Crippen LogP contribution in [-0.4, -0.2) is 42.5 Å². The minimum absolute atomic E-state index is 0.190. The maximum atomic E-state index is 12.0. The van der Waals surface area contributed by atoms with Gasteiger partial charge in [-0.15, -0.1) is 0 Å². The van der Waals surface area contributed by atoms with E-state index in [1.54, 1.807) is 0 Å². The number of carbonyl (C=O) groups excluding carboxylic acids is 2. The average Bonchev–Trinajstić information content (AvgIpc) is 2.37. The third-order valence-corrected chi connectivity index (χ3v) is 4.51. The zero-order chi connectivity index (χ0) is 15.2. The van der Waals surface area contributed by atoms with Gasteiger partial charge in [0, 0.05) is 19.1 Å². The highest BCUT2D eigenvalue weighted by molar-refractivity contribution is 5.95. The van der Waals surface area contributed by atoms with Gasteiger partial charge in [-0.1, -0.05) is 33.1 Å². The Morgan fingerprint density at radius 3 is 2.29 bits per heavy atom. The molecule has 2 aliphatic rings. The first kappa shape index (κ1) is 16.3. The number of hydrogen-bond donors (Lipinski definition) is 2. The number of piperidine rings is 1. The van der Waals surface area contributed by atoms with Gasteiger partial charge in [-0.05, 0) is 31.1 Å². The normalized spacial score (nSPS) is 28.1. The fourth-order valence-corrected chi connectivity index (χ4v) is 3.76. The van der Waals surface area contributed by atoms with Crippen LogP contribution in [0.5, 0.6) is 0 Å². The molecule has 2 atom stereocenters. The summed E-state index contributed by atoms with van der Waals surface area (Å²) in [4.78, 5) is 25.9. The molecule has 2 N–H and O–H groups in total. The van der Waals surface area contributed by atoms with Crippen LogP contribution in [0.15, 0.2) is 0 Å². The molecule has 1 aliphatic heterocycles. The number of hydrogen-bond acceptors (Lipinski definition) is 3. The number of nitrogens with one attached hydrogen (secondary N) is 2. The number of likely N-dealkylation sites (tertiary alicyclic amines) is 1. The SMILES string of the molecule is C[C@@H]1C[C@@H](C)CN(CC(=O)NC(=O)NC2CCCCC2)C1. The number of amides is 3. The number of imide groups is 1. The number of urea groups is 1. The van der Waals surface area contributed by atoms with Crippen molar-refractivity contribution in [3.05, 3.63) is 0 Å². The summed E-state index contributed by atoms with van der Waals surface area (Å²) in [5.74, 6) is 1.06. The Balaban J connectivity index is 1.69. The van der Waals surface area contributed by atoms with Crippen molar-refractivity contribution in [3.63, 3.8) is 0 Å². The first-order valence-corrected chi connectivity index (χ1v) is 8.35. The van der Waals surface area contributed by atoms with E-state index in [2.05, 4.69) is 29.4 Å². The lowest BCUT2D eigenvalue weighted by molar-refractivity contribution is -0.121. The first-order valence-electron chi connectivity index (χ1n) is 8.35. The highest BCUT2D eigenvalue weighted by Gasteiger charge is 2.24. The Hall–Kier alpha value is -1.10. The summed E-state index contributed by atoms with van der Waals surface area (Å²) in [5, 5.41) is 5.39. The maximum Gasteiger partial charge on any atom is 0.321 e. The molecule has 0 unspecified atom stereocenters. The van der Waals surface area contributed by atoms with Crippen LogP contribution in [0.4, 0.5) is 4.79 Å². The number of nitrogens with zero attached hydrogens (tertiary/aromatic N) is 1. The standard InChI is InChI=1S/C16H29N3O2/c1-12-8-13(2)10-19(9-12)11-15(20)18-16(21)17-14-6-4-3-5-7-14/h12-14H,3-11H2,1-2H3,(H2,17,18,20,21)/t12-,13-/m1/s1. The van der Waals surface area contributed by atoms with Gasteiger partial charge in [0.25, 0.3) is 0 Å². The van der Waals surface area contributed by atoms with E-state index in [4.69, 9.17) is 0 Å². The van der Waals surface area contributed by atoms with Crippen LogP contribution in [0.25, 0.3) is 0 Å². The Kier molecular flexibility index (Phi) is 6.03. The van der Waals surface area contributed by atoms with E-state index >= 15 is 0 Å². The zero-order valence-corrected chi connectivity index (χ0v) is 13.4. The van der Waals surface area contributed by atoms with E-state index < -0.39 is 0 Å². The molecule has 1 saturated carbocycles. The minimum Gasteiger partial charge on any atom is -0.335 e. The summed E-state index contributed by atoms with van der Waals surface area (Å²) in [6.45, 7) is 6.66. The molecule has 120 valence electrons. The van der Waals surface area contributed by atoms with Gasteiger partial charge in [0.1, 0.15) is 0 Å². The molecule has 2 fully saturated rings. The molecule has 1 aliphatic carbocycles. The fourth-order valence-electron chi connectivity index (χ4n) is 3.76. The van der Waals surface area contributed by atoms with Crippen LogP contribution in [0, 0.1) is 11.8 Å². The molecule has 21 heavy (non-hydrogen) atoms. The highest BCUT2D eigenvalue weighted by atomic mass is 16.2. The van der Waals surface area contributed by atoms with E-state index in [0.29, 0.717) is 18.4 Å². The highest BCUT2D eigenvalue weighted by Crippen LogP contribution is 2.20. The predicted octanol–water partition coefficient (Wildman–Crippen LogP) is 2.12. The monoisotopic (exact) mass is 295 g/mol. The summed E-state index contributed by atoms with van der Waals surface area (Å²) in [6.07, 6.45) is 6.88. The van der Waals surface area contributed by atoms with E-state index in [0.717, 1.165) is 25.9 Å². The van der Waals surface area contributed by atoms with Crippen LogP contribution >= 0.6 is 0 Å². The van der Waals surface area contributed by atoms with E-state index in [1.165, 1.54) is 25.7 Å². The fraction of sp³-hybridized carbons (Fsp3) is 0.875. The molecule has 0 aromatic rings. The molecular weight excluding hydrogens is 266 g/mol. The number of carbonyl (C=O) groups is 2. The summed E-state index contributed by atoms with van der Waals surface area (Å²) in [7, 11) is 0. The van der Waals surface area contributed by atoms with E-state index in [-0.39, 0.29) is 18.0 Å². The second-order valence-corrected chi connectivity index (χ2v) is 7.00. The Morgan fingerprint density at radius 2 is 1.67 bits per heavy atom. The molecule has 5 nitrogen and oxygen atoms in total. The van der Waals surface area contributed by atoms with Crippen molar-refractivity contribution in [1.29, 1.82) is 0 Å². The molecule has 3 amide bonds. The van der Waals surface area contributed by atoms with Crippen LogP contribution in [0.3, 0.4) is 0 Å². The minimum atomic E-state index is -0.329. The van der Waals surface area contributed by atoms with Crippen LogP contribution in [-0.2, 0) is 4.79 Å². The molecule has 1 saturated heterocycles. The molecular formula is C16H29N3O2. The topological polar surface area (TPSA) is 61.4 Å². The van der Waals surface area contributed by atoms with Gasteiger partial charge in [0.15, 0.2) is 0 Å². The molecule has 1 heterocycles. The molecule has 0 radical (unpaired) electrons. The van der Waals surface area contributed by atoms with Gasteiger partial charge in [0.05, 0.1) is 6.54 Å². The average molecular weight is 295 g/mol. The zero-order valence-electron chi connectivity index (χ0n) is 13.4. The van der Waals surface area contributed by atoms with Gasteiger partial charge < -0.3 is 5.32 Å². The molecule has 0 aromatic carbocycles. The maximum absolute atomic E-state index is 12.0. The van der Waals surface area contributed by atoms with Crippen LogP contribution in [0.2, 0.25) is 0 Å².